The summed E-state index contributed by atoms with van der Waals surface area (Å²) in [7, 11) is 0. The first-order valence-corrected chi connectivity index (χ1v) is 31.3. The Kier molecular flexibility index (Phi) is 47.3. The van der Waals surface area contributed by atoms with Crippen LogP contribution < -0.4 is 10.6 Å². The summed E-state index contributed by atoms with van der Waals surface area (Å²) in [6.45, 7) is 5.91. The highest BCUT2D eigenvalue weighted by Crippen LogP contribution is 2.12. The van der Waals surface area contributed by atoms with Crippen molar-refractivity contribution in [3.63, 3.8) is 0 Å². The number of rotatable bonds is 55. The van der Waals surface area contributed by atoms with Gasteiger partial charge in [0.25, 0.3) is 0 Å². The van der Waals surface area contributed by atoms with E-state index in [1.54, 1.807) is 9.80 Å². The van der Waals surface area contributed by atoms with Crippen LogP contribution in [0.2, 0.25) is 0 Å². The van der Waals surface area contributed by atoms with Crippen LogP contribution in [-0.4, -0.2) is 178 Å². The Bertz CT molecular complexity index is 1910. The van der Waals surface area contributed by atoms with E-state index in [0.717, 1.165) is 103 Å². The quantitative estimate of drug-likeness (QED) is 0.0256. The van der Waals surface area contributed by atoms with Gasteiger partial charge in [0.05, 0.1) is 32.1 Å². The molecule has 3 unspecified atom stereocenters. The molecule has 3 atom stereocenters. The molecule has 0 aromatic heterocycles. The van der Waals surface area contributed by atoms with Crippen molar-refractivity contribution in [3.8, 4) is 0 Å². The Morgan fingerprint density at radius 1 is 0.360 bits per heavy atom. The highest BCUT2D eigenvalue weighted by atomic mass is 16.7. The van der Waals surface area contributed by atoms with Crippen molar-refractivity contribution in [2.45, 2.75) is 239 Å². The predicted molar refractivity (Wildman–Crippen MR) is 309 cm³/mol. The minimum atomic E-state index is -1.36. The van der Waals surface area contributed by atoms with Crippen LogP contribution in [0.15, 0.2) is 0 Å². The number of ether oxygens (including phenoxy) is 10. The molecular formula is C60H102N4O22. The van der Waals surface area contributed by atoms with E-state index in [2.05, 4.69) is 38.3 Å². The molecule has 2 amide bonds. The van der Waals surface area contributed by atoms with Gasteiger partial charge in [0, 0.05) is 71.4 Å². The van der Waals surface area contributed by atoms with Crippen LogP contribution in [0.1, 0.15) is 220 Å². The van der Waals surface area contributed by atoms with Gasteiger partial charge in [-0.3, -0.25) is 62.5 Å². The lowest BCUT2D eigenvalue weighted by Gasteiger charge is -2.29. The Morgan fingerprint density at radius 2 is 0.640 bits per heavy atom. The fraction of sp³-hybridized carbons (Fsp3) is 0.817. The lowest BCUT2D eigenvalue weighted by atomic mass is 10.1. The van der Waals surface area contributed by atoms with Gasteiger partial charge >= 0.3 is 53.7 Å². The number of esters is 9. The van der Waals surface area contributed by atoms with Crippen molar-refractivity contribution in [3.05, 3.63) is 0 Å². The Balaban J connectivity index is 2.74. The van der Waals surface area contributed by atoms with Gasteiger partial charge in [-0.1, -0.05) is 130 Å². The van der Waals surface area contributed by atoms with Gasteiger partial charge in [0.15, 0.2) is 13.1 Å². The third kappa shape index (κ3) is 44.5. The van der Waals surface area contributed by atoms with Gasteiger partial charge in [-0.05, 0) is 25.7 Å². The van der Waals surface area contributed by atoms with Crippen LogP contribution >= 0.6 is 0 Å². The Hall–Kier alpha value is -5.99. The second-order valence-electron chi connectivity index (χ2n) is 21.1. The summed E-state index contributed by atoms with van der Waals surface area (Å²) in [5.74, 6) is -7.30. The lowest BCUT2D eigenvalue weighted by molar-refractivity contribution is -0.186. The third-order valence-electron chi connectivity index (χ3n) is 13.7. The van der Waals surface area contributed by atoms with Gasteiger partial charge in [0.1, 0.15) is 25.3 Å². The summed E-state index contributed by atoms with van der Waals surface area (Å²) in [4.78, 5) is 141. The Labute approximate surface area is 508 Å². The van der Waals surface area contributed by atoms with E-state index in [0.29, 0.717) is 25.7 Å². The molecule has 1 heterocycles. The van der Waals surface area contributed by atoms with Gasteiger partial charge in [-0.2, -0.15) is 0 Å². The zero-order chi connectivity index (χ0) is 63.4. The minimum Gasteiger partial charge on any atom is -0.464 e. The van der Waals surface area contributed by atoms with E-state index >= 15 is 0 Å². The molecule has 0 aromatic rings. The fourth-order valence-electron chi connectivity index (χ4n) is 8.44. The number of aliphatic hydroxyl groups excluding tert-OH is 1. The van der Waals surface area contributed by atoms with Crippen LogP contribution in [-0.2, 0) is 100 Å². The van der Waals surface area contributed by atoms with E-state index in [1.807, 2.05) is 0 Å². The number of piperazine rings is 1. The largest absolute Gasteiger partial charge is 0.464 e. The molecular weight excluding hydrogens is 1130 g/mol. The molecule has 1 fully saturated rings. The van der Waals surface area contributed by atoms with Crippen molar-refractivity contribution in [2.75, 3.05) is 79.7 Å². The molecule has 1 aliphatic heterocycles. The van der Waals surface area contributed by atoms with Crippen LogP contribution in [0, 0.1) is 0 Å². The number of carbonyl (C=O) groups is 11. The molecule has 26 heteroatoms. The second kappa shape index (κ2) is 52.2. The molecule has 0 radical (unpaired) electrons. The number of nitrogens with zero attached hydrogens (tertiary/aromatic N) is 2. The maximum atomic E-state index is 13.1. The number of aliphatic hydroxyl groups is 1. The maximum absolute atomic E-state index is 13.1. The van der Waals surface area contributed by atoms with Crippen LogP contribution in [0.5, 0.6) is 0 Å². The first-order valence-electron chi connectivity index (χ1n) is 31.3. The number of hydrogen-bond acceptors (Lipinski definition) is 24. The molecule has 0 bridgehead atoms. The molecule has 494 valence electrons. The zero-order valence-corrected chi connectivity index (χ0v) is 51.8. The van der Waals surface area contributed by atoms with Crippen LogP contribution in [0.4, 0.5) is 0 Å². The first-order chi connectivity index (χ1) is 41.5. The average molecular weight is 1230 g/mol. The molecule has 0 aliphatic carbocycles. The summed E-state index contributed by atoms with van der Waals surface area (Å²) in [6, 6.07) is -2.70. The first kappa shape index (κ1) is 78.0. The fourth-order valence-corrected chi connectivity index (χ4v) is 8.44. The van der Waals surface area contributed by atoms with Crippen molar-refractivity contribution in [1.29, 1.82) is 0 Å². The molecule has 1 aliphatic rings. The number of amides is 2. The molecule has 86 heavy (non-hydrogen) atoms. The van der Waals surface area contributed by atoms with Gasteiger partial charge in [0.2, 0.25) is 32.2 Å². The summed E-state index contributed by atoms with van der Waals surface area (Å²) in [5, 5.41) is 15.3. The SMILES string of the molecule is CCCCCCCC(=O)OCOC(=O)CCN(CCOC(=O)CC1NC(=O)C(CC(=O)OCCN(CCC(=O)OCOC(=O)CCCCCCC)CCC(O)OCOC(=O)CCCCCCC)NC1=O)CCC(=O)OCOC(=O)CCCCCCC. The predicted octanol–water partition coefficient (Wildman–Crippen LogP) is 6.41. The number of carbonyl (C=O) groups excluding carboxylic acids is 11. The standard InChI is InChI=1S/C60H102N4O22/c1-5-9-13-17-21-25-49(65)79-43-83-53(69)29-33-63(34-30-54(70)84-44-80-50(66)26-22-18-14-10-6-2)37-39-77-57(73)41-47-59(75)62-48(60(76)61-47)42-58(74)78-40-38-64(35-31-55(71)85-45-81-51(67)27-23-19-15-11-7-3)36-32-56(72)86-46-82-52(68)28-24-20-16-12-8-4/h47-48,53,69H,5-46H2,1-4H3,(H,61,76)(H,62,75). The number of nitrogens with one attached hydrogen (secondary N) is 2. The number of unbranched alkanes of at least 4 members (excludes halogenated alkanes) is 16. The highest BCUT2D eigenvalue weighted by Gasteiger charge is 2.36. The molecule has 3 N–H and O–H groups in total. The zero-order valence-electron chi connectivity index (χ0n) is 51.8. The second-order valence-corrected chi connectivity index (χ2v) is 21.1. The van der Waals surface area contributed by atoms with E-state index in [4.69, 9.17) is 47.4 Å². The summed E-state index contributed by atoms with van der Waals surface area (Å²) >= 11 is 0. The lowest BCUT2D eigenvalue weighted by Crippen LogP contribution is -2.62. The molecule has 0 saturated carbocycles. The normalized spacial score (nSPS) is 14.1. The maximum Gasteiger partial charge on any atom is 0.309 e. The molecule has 1 saturated heterocycles. The van der Waals surface area contributed by atoms with E-state index < -0.39 is 124 Å². The molecule has 0 spiro atoms. The third-order valence-corrected chi connectivity index (χ3v) is 13.7. The van der Waals surface area contributed by atoms with Crippen LogP contribution in [0.3, 0.4) is 0 Å². The molecule has 0 aromatic carbocycles. The highest BCUT2D eigenvalue weighted by molar-refractivity contribution is 6.00. The van der Waals surface area contributed by atoms with E-state index in [-0.39, 0.29) is 104 Å². The Morgan fingerprint density at radius 3 is 0.953 bits per heavy atom. The molecule has 1 rings (SSSR count). The monoisotopic (exact) mass is 1230 g/mol. The van der Waals surface area contributed by atoms with Crippen molar-refractivity contribution in [1.82, 2.24) is 20.4 Å². The smallest absolute Gasteiger partial charge is 0.309 e. The minimum absolute atomic E-state index is 0.00356. The summed E-state index contributed by atoms with van der Waals surface area (Å²) in [6.07, 6.45) is 16.6. The topological polar surface area (TPSA) is 331 Å². The van der Waals surface area contributed by atoms with Gasteiger partial charge < -0.3 is 63.1 Å². The van der Waals surface area contributed by atoms with E-state index in [1.165, 1.54) is 0 Å². The van der Waals surface area contributed by atoms with E-state index in [9.17, 15) is 57.8 Å². The summed E-state index contributed by atoms with van der Waals surface area (Å²) in [5.41, 5.74) is 0. The van der Waals surface area contributed by atoms with Crippen LogP contribution in [0.25, 0.3) is 0 Å². The van der Waals surface area contributed by atoms with Crippen molar-refractivity contribution >= 4 is 65.5 Å². The summed E-state index contributed by atoms with van der Waals surface area (Å²) < 4.78 is 51.3. The average Bonchev–Trinajstić information content (AvgIpc) is 3.31. The van der Waals surface area contributed by atoms with Gasteiger partial charge in [-0.25, -0.2) is 0 Å². The molecule has 26 nitrogen and oxygen atoms in total. The van der Waals surface area contributed by atoms with Crippen molar-refractivity contribution < 1.29 is 105 Å². The number of hydrogen-bond donors (Lipinski definition) is 3. The van der Waals surface area contributed by atoms with Crippen molar-refractivity contribution in [2.24, 2.45) is 0 Å². The van der Waals surface area contributed by atoms with Gasteiger partial charge in [-0.15, -0.1) is 0 Å².